The second-order valence-corrected chi connectivity index (χ2v) is 8.24. The molecule has 0 saturated carbocycles. The van der Waals surface area contributed by atoms with Crippen molar-refractivity contribution in [2.45, 2.75) is 31.7 Å². The number of likely N-dealkylation sites (tertiary alicyclic amines) is 1. The van der Waals surface area contributed by atoms with Crippen molar-refractivity contribution in [2.24, 2.45) is 0 Å². The minimum absolute atomic E-state index is 0.0328. The van der Waals surface area contributed by atoms with E-state index < -0.39 is 0 Å². The first-order valence-corrected chi connectivity index (χ1v) is 10.6. The lowest BCUT2D eigenvalue weighted by atomic mass is 10.0. The van der Waals surface area contributed by atoms with Crippen molar-refractivity contribution < 1.29 is 9.18 Å². The van der Waals surface area contributed by atoms with Gasteiger partial charge in [-0.3, -0.25) is 9.36 Å². The zero-order valence-corrected chi connectivity index (χ0v) is 17.6. The van der Waals surface area contributed by atoms with Crippen molar-refractivity contribution in [3.63, 3.8) is 0 Å². The molecule has 0 bridgehead atoms. The molecule has 1 aromatic heterocycles. The zero-order chi connectivity index (χ0) is 20.4. The molecule has 1 aliphatic heterocycles. The highest BCUT2D eigenvalue weighted by molar-refractivity contribution is 9.08. The van der Waals surface area contributed by atoms with Gasteiger partial charge in [-0.05, 0) is 62.2 Å². The van der Waals surface area contributed by atoms with Gasteiger partial charge in [0.15, 0.2) is 5.78 Å². The van der Waals surface area contributed by atoms with Gasteiger partial charge in [0.05, 0.1) is 27.2 Å². The Morgan fingerprint density at radius 2 is 1.69 bits per heavy atom. The van der Waals surface area contributed by atoms with Gasteiger partial charge in [0, 0.05) is 31.1 Å². The number of halogens is 2. The van der Waals surface area contributed by atoms with Crippen LogP contribution in [-0.4, -0.2) is 38.5 Å². The van der Waals surface area contributed by atoms with Crippen molar-refractivity contribution in [2.75, 3.05) is 19.6 Å². The minimum atomic E-state index is -0.327. The average Bonchev–Trinajstić information content (AvgIpc) is 3.00. The average molecular weight is 457 g/mol. The lowest BCUT2D eigenvalue weighted by Gasteiger charge is -2.32. The summed E-state index contributed by atoms with van der Waals surface area (Å²) in [5, 5.41) is 0. The van der Waals surface area contributed by atoms with E-state index in [4.69, 9.17) is 0 Å². The number of aromatic nitrogens is 2. The molecule has 0 spiro atoms. The fourth-order valence-corrected chi connectivity index (χ4v) is 4.60. The number of imidazole rings is 1. The van der Waals surface area contributed by atoms with Crippen LogP contribution in [0.5, 0.6) is 0 Å². The Morgan fingerprint density at radius 3 is 2.38 bits per heavy atom. The Kier molecular flexibility index (Phi) is 5.96. The number of Topliss-reactive ketones (excluding diaryl/α,β-unsaturated/α-hetero) is 1. The molecular formula is C22H23BrFN3O2. The molecule has 1 fully saturated rings. The second-order valence-electron chi connectivity index (χ2n) is 7.53. The molecule has 0 aliphatic carbocycles. The van der Waals surface area contributed by atoms with E-state index in [0.717, 1.165) is 49.9 Å². The summed E-state index contributed by atoms with van der Waals surface area (Å²) in [5.74, 6) is -0.275. The van der Waals surface area contributed by atoms with Crippen molar-refractivity contribution in [3.05, 3.63) is 70.4 Å². The first-order valence-electron chi connectivity index (χ1n) is 9.94. The molecule has 2 heterocycles. The minimum Gasteiger partial charge on any atom is -0.303 e. The van der Waals surface area contributed by atoms with Crippen LogP contribution in [0.3, 0.4) is 0 Å². The third kappa shape index (κ3) is 4.21. The summed E-state index contributed by atoms with van der Waals surface area (Å²) in [4.78, 5) is 27.2. The van der Waals surface area contributed by atoms with Gasteiger partial charge in [-0.25, -0.2) is 12.8 Å². The standard InChI is InChI=1S/C22H23BrFN3O2/c23-27-20-5-2-1-4-19(20)26(22(27)29)18-11-14-25(15-12-18)13-3-6-21(28)16-7-9-17(24)10-8-16/h1-2,4-5,7-10,18H,3,6,11-15H2/i23-3. The summed E-state index contributed by atoms with van der Waals surface area (Å²) >= 11 is 3.37. The maximum atomic E-state index is 13.0. The van der Waals surface area contributed by atoms with Crippen LogP contribution < -0.4 is 5.69 Å². The van der Waals surface area contributed by atoms with Crippen LogP contribution in [0, 0.1) is 5.82 Å². The number of piperidine rings is 1. The highest BCUT2D eigenvalue weighted by atomic mass is 76.9. The second kappa shape index (κ2) is 8.63. The number of ketones is 1. The van der Waals surface area contributed by atoms with Crippen molar-refractivity contribution in [1.29, 1.82) is 0 Å². The quantitative estimate of drug-likeness (QED) is 0.516. The topological polar surface area (TPSA) is 47.2 Å². The van der Waals surface area contributed by atoms with E-state index in [9.17, 15) is 14.0 Å². The van der Waals surface area contributed by atoms with E-state index in [2.05, 4.69) is 21.0 Å². The number of rotatable bonds is 6. The molecule has 3 aromatic rings. The molecule has 29 heavy (non-hydrogen) atoms. The summed E-state index contributed by atoms with van der Waals surface area (Å²) in [6.45, 7) is 2.67. The molecule has 152 valence electrons. The molecule has 7 heteroatoms. The van der Waals surface area contributed by atoms with E-state index >= 15 is 0 Å². The van der Waals surface area contributed by atoms with Crippen LogP contribution in [0.15, 0.2) is 53.3 Å². The number of fused-ring (bicyclic) bond motifs is 1. The van der Waals surface area contributed by atoms with Gasteiger partial charge in [-0.15, -0.1) is 0 Å². The van der Waals surface area contributed by atoms with Crippen LogP contribution in [0.2, 0.25) is 0 Å². The predicted octanol–water partition coefficient (Wildman–Crippen LogP) is 4.40. The monoisotopic (exact) mass is 457 g/mol. The predicted molar refractivity (Wildman–Crippen MR) is 115 cm³/mol. The van der Waals surface area contributed by atoms with Crippen molar-refractivity contribution in [1.82, 2.24) is 13.1 Å². The number of para-hydroxylation sites is 2. The lowest BCUT2D eigenvalue weighted by molar-refractivity contribution is 0.0970. The van der Waals surface area contributed by atoms with Gasteiger partial charge >= 0.3 is 5.69 Å². The summed E-state index contributed by atoms with van der Waals surface area (Å²) in [6, 6.07) is 13.7. The largest absolute Gasteiger partial charge is 0.339 e. The Hall–Kier alpha value is -2.25. The van der Waals surface area contributed by atoms with E-state index in [-0.39, 0.29) is 23.3 Å². The van der Waals surface area contributed by atoms with Gasteiger partial charge in [0.1, 0.15) is 5.82 Å². The Balaban J connectivity index is 1.31. The summed E-state index contributed by atoms with van der Waals surface area (Å²) in [7, 11) is 0. The fourth-order valence-electron chi connectivity index (χ4n) is 4.13. The number of hydrogen-bond donors (Lipinski definition) is 0. The fraction of sp³-hybridized carbons (Fsp3) is 0.364. The third-order valence-corrected chi connectivity index (χ3v) is 6.38. The summed E-state index contributed by atoms with van der Waals surface area (Å²) < 4.78 is 16.4. The summed E-state index contributed by atoms with van der Waals surface area (Å²) in [6.07, 6.45) is 3.06. The van der Waals surface area contributed by atoms with E-state index in [1.165, 1.54) is 15.7 Å². The summed E-state index contributed by atoms with van der Waals surface area (Å²) in [5.41, 5.74) is 2.38. The maximum Gasteiger partial charge on any atom is 0.339 e. The molecule has 5 nitrogen and oxygen atoms in total. The van der Waals surface area contributed by atoms with Gasteiger partial charge in [0.25, 0.3) is 0 Å². The highest BCUT2D eigenvalue weighted by Gasteiger charge is 2.24. The molecular weight excluding hydrogens is 434 g/mol. The van der Waals surface area contributed by atoms with Crippen LogP contribution in [0.1, 0.15) is 42.1 Å². The molecule has 0 radical (unpaired) electrons. The number of hydrogen-bond acceptors (Lipinski definition) is 3. The van der Waals surface area contributed by atoms with Gasteiger partial charge in [-0.1, -0.05) is 12.1 Å². The first kappa shape index (κ1) is 20.0. The van der Waals surface area contributed by atoms with Crippen LogP contribution in [0.25, 0.3) is 11.0 Å². The number of carbonyl (C=O) groups is 1. The Labute approximate surface area is 177 Å². The van der Waals surface area contributed by atoms with E-state index in [1.54, 1.807) is 12.1 Å². The molecule has 1 saturated heterocycles. The number of carbonyl (C=O) groups excluding carboxylic acids is 1. The maximum absolute atomic E-state index is 13.0. The van der Waals surface area contributed by atoms with Crippen molar-refractivity contribution in [3.8, 4) is 0 Å². The van der Waals surface area contributed by atoms with E-state index in [1.807, 2.05) is 28.8 Å². The highest BCUT2D eigenvalue weighted by Crippen LogP contribution is 2.26. The molecule has 0 atom stereocenters. The molecule has 0 amide bonds. The number of nitrogens with zero attached hydrogens (tertiary/aromatic N) is 3. The van der Waals surface area contributed by atoms with Gasteiger partial charge in [-0.2, -0.15) is 0 Å². The zero-order valence-electron chi connectivity index (χ0n) is 16.1. The van der Waals surface area contributed by atoms with Gasteiger partial charge < -0.3 is 4.90 Å². The smallest absolute Gasteiger partial charge is 0.303 e. The molecule has 2 aromatic carbocycles. The Morgan fingerprint density at radius 1 is 1.03 bits per heavy atom. The molecule has 0 unspecified atom stereocenters. The molecule has 0 N–H and O–H groups in total. The van der Waals surface area contributed by atoms with Gasteiger partial charge in [0.2, 0.25) is 0 Å². The molecule has 4 rings (SSSR count). The lowest BCUT2D eigenvalue weighted by Crippen LogP contribution is -2.37. The normalized spacial score (nSPS) is 15.8. The molecule has 1 aliphatic rings. The van der Waals surface area contributed by atoms with Crippen LogP contribution in [0.4, 0.5) is 4.39 Å². The van der Waals surface area contributed by atoms with Crippen LogP contribution >= 0.6 is 16.1 Å². The number of benzene rings is 2. The first-order chi connectivity index (χ1) is 14.0. The van der Waals surface area contributed by atoms with Crippen molar-refractivity contribution >= 4 is 33.0 Å². The van der Waals surface area contributed by atoms with E-state index in [0.29, 0.717) is 12.0 Å². The Bertz CT molecular complexity index is 1070. The SMILES string of the molecule is O=C(CCCN1CCC(n2c(=O)n([77Br])c3ccccc32)CC1)c1ccc(F)cc1. The van der Waals surface area contributed by atoms with Crippen LogP contribution in [-0.2, 0) is 0 Å². The third-order valence-electron chi connectivity index (χ3n) is 5.69.